The molecular formula is C23H28N2O5. The highest BCUT2D eigenvalue weighted by Crippen LogP contribution is 2.28. The van der Waals surface area contributed by atoms with Gasteiger partial charge in [-0.15, -0.1) is 0 Å². The van der Waals surface area contributed by atoms with Crippen LogP contribution in [0.4, 0.5) is 5.69 Å². The summed E-state index contributed by atoms with van der Waals surface area (Å²) in [6, 6.07) is 12.6. The molecule has 2 rings (SSSR count). The Kier molecular flexibility index (Phi) is 8.29. The van der Waals surface area contributed by atoms with E-state index in [0.717, 1.165) is 11.3 Å². The van der Waals surface area contributed by atoms with Gasteiger partial charge < -0.3 is 24.0 Å². The molecule has 0 fully saturated rings. The van der Waals surface area contributed by atoms with Gasteiger partial charge in [-0.1, -0.05) is 24.8 Å². The van der Waals surface area contributed by atoms with Crippen molar-refractivity contribution < 1.29 is 23.8 Å². The van der Waals surface area contributed by atoms with Gasteiger partial charge in [-0.3, -0.25) is 4.79 Å². The minimum atomic E-state index is -0.611. The van der Waals surface area contributed by atoms with Crippen LogP contribution in [0.3, 0.4) is 0 Å². The second kappa shape index (κ2) is 10.9. The van der Waals surface area contributed by atoms with Crippen LogP contribution in [0.5, 0.6) is 11.5 Å². The highest BCUT2D eigenvalue weighted by molar-refractivity contribution is 5.92. The number of ether oxygens (including phenoxy) is 3. The molecule has 2 aromatic carbocycles. The van der Waals surface area contributed by atoms with E-state index in [1.54, 1.807) is 25.3 Å². The molecule has 7 nitrogen and oxygen atoms in total. The lowest BCUT2D eigenvalue weighted by Gasteiger charge is -2.18. The summed E-state index contributed by atoms with van der Waals surface area (Å²) < 4.78 is 15.9. The van der Waals surface area contributed by atoms with Gasteiger partial charge in [0.15, 0.2) is 18.1 Å². The maximum Gasteiger partial charge on any atom is 0.338 e. The van der Waals surface area contributed by atoms with E-state index < -0.39 is 5.97 Å². The zero-order chi connectivity index (χ0) is 22.1. The Morgan fingerprint density at radius 1 is 1.03 bits per heavy atom. The largest absolute Gasteiger partial charge is 0.493 e. The maximum atomic E-state index is 12.3. The number of methoxy groups -OCH3 is 1. The highest BCUT2D eigenvalue weighted by Gasteiger charge is 2.16. The number of rotatable bonds is 10. The van der Waals surface area contributed by atoms with Crippen molar-refractivity contribution in [2.24, 2.45) is 0 Å². The summed E-state index contributed by atoms with van der Waals surface area (Å²) in [5.41, 5.74) is 2.34. The molecule has 30 heavy (non-hydrogen) atoms. The van der Waals surface area contributed by atoms with Gasteiger partial charge in [-0.25, -0.2) is 4.79 Å². The average Bonchev–Trinajstić information content (AvgIpc) is 2.75. The molecule has 0 saturated heterocycles. The number of hydrogen-bond acceptors (Lipinski definition) is 6. The molecule has 0 heterocycles. The van der Waals surface area contributed by atoms with Crippen molar-refractivity contribution in [2.45, 2.75) is 6.54 Å². The van der Waals surface area contributed by atoms with Crippen molar-refractivity contribution in [2.75, 3.05) is 46.4 Å². The zero-order valence-electron chi connectivity index (χ0n) is 17.9. The number of likely N-dealkylation sites (N-methyl/N-ethyl adjacent to an activating group) is 1. The molecule has 0 aliphatic rings. The molecule has 0 saturated carbocycles. The second-order valence-electron chi connectivity index (χ2n) is 6.85. The Labute approximate surface area is 177 Å². The van der Waals surface area contributed by atoms with Crippen molar-refractivity contribution in [3.63, 3.8) is 0 Å². The van der Waals surface area contributed by atoms with Crippen LogP contribution in [0, 0.1) is 0 Å². The zero-order valence-corrected chi connectivity index (χ0v) is 17.9. The van der Waals surface area contributed by atoms with E-state index in [1.807, 2.05) is 43.3 Å². The summed E-state index contributed by atoms with van der Waals surface area (Å²) in [6.45, 7) is 3.99. The van der Waals surface area contributed by atoms with Gasteiger partial charge in [0.2, 0.25) is 0 Å². The number of esters is 1. The smallest absolute Gasteiger partial charge is 0.338 e. The molecule has 0 aromatic heterocycles. The number of benzene rings is 2. The minimum Gasteiger partial charge on any atom is -0.493 e. The van der Waals surface area contributed by atoms with E-state index in [1.165, 1.54) is 18.1 Å². The molecule has 0 bridgehead atoms. The summed E-state index contributed by atoms with van der Waals surface area (Å²) in [6.07, 6.45) is 1.61. The van der Waals surface area contributed by atoms with E-state index in [-0.39, 0.29) is 18.1 Å². The molecule has 0 aliphatic heterocycles. The third-order valence-corrected chi connectivity index (χ3v) is 4.38. The van der Waals surface area contributed by atoms with Gasteiger partial charge in [0.05, 0.1) is 12.7 Å². The van der Waals surface area contributed by atoms with E-state index in [9.17, 15) is 9.59 Å². The Hall–Kier alpha value is -3.48. The number of nitrogens with zero attached hydrogens (tertiary/aromatic N) is 2. The topological polar surface area (TPSA) is 68.3 Å². The van der Waals surface area contributed by atoms with Gasteiger partial charge in [-0.05, 0) is 35.9 Å². The Morgan fingerprint density at radius 3 is 2.33 bits per heavy atom. The lowest BCUT2D eigenvalue weighted by Crippen LogP contribution is -2.30. The third-order valence-electron chi connectivity index (χ3n) is 4.38. The monoisotopic (exact) mass is 412 g/mol. The standard InChI is InChI=1S/C23H28N2O5/c1-6-13-29-20-12-9-18(14-21(20)28-5)23(27)30-16-22(26)25(4)15-17-7-10-19(11-8-17)24(2)3/h6-12,14H,1,13,15-16H2,2-5H3. The summed E-state index contributed by atoms with van der Waals surface area (Å²) in [5.74, 6) is -0.0143. The Morgan fingerprint density at radius 2 is 1.73 bits per heavy atom. The predicted molar refractivity (Wildman–Crippen MR) is 116 cm³/mol. The first kappa shape index (κ1) is 22.8. The van der Waals surface area contributed by atoms with E-state index in [2.05, 4.69) is 6.58 Å². The van der Waals surface area contributed by atoms with E-state index in [4.69, 9.17) is 14.2 Å². The lowest BCUT2D eigenvalue weighted by atomic mass is 10.2. The molecule has 0 radical (unpaired) electrons. The van der Waals surface area contributed by atoms with Crippen LogP contribution < -0.4 is 14.4 Å². The van der Waals surface area contributed by atoms with Gasteiger partial charge in [0.1, 0.15) is 6.61 Å². The molecule has 0 unspecified atom stereocenters. The van der Waals surface area contributed by atoms with Crippen LogP contribution in [0.1, 0.15) is 15.9 Å². The van der Waals surface area contributed by atoms with Crippen molar-refractivity contribution in [3.05, 3.63) is 66.2 Å². The third kappa shape index (κ3) is 6.27. The number of carbonyl (C=O) groups excluding carboxylic acids is 2. The van der Waals surface area contributed by atoms with Crippen molar-refractivity contribution in [3.8, 4) is 11.5 Å². The van der Waals surface area contributed by atoms with Crippen molar-refractivity contribution >= 4 is 17.6 Å². The summed E-state index contributed by atoms with van der Waals surface area (Å²) in [4.78, 5) is 28.2. The quantitative estimate of drug-likeness (QED) is 0.441. The first-order valence-electron chi connectivity index (χ1n) is 9.44. The fraction of sp³-hybridized carbons (Fsp3) is 0.304. The van der Waals surface area contributed by atoms with Gasteiger partial charge in [0.25, 0.3) is 5.91 Å². The van der Waals surface area contributed by atoms with Gasteiger partial charge in [0, 0.05) is 33.4 Å². The summed E-state index contributed by atoms with van der Waals surface area (Å²) >= 11 is 0. The average molecular weight is 412 g/mol. The maximum absolute atomic E-state index is 12.3. The summed E-state index contributed by atoms with van der Waals surface area (Å²) in [7, 11) is 7.09. The first-order valence-corrected chi connectivity index (χ1v) is 9.44. The molecule has 0 N–H and O–H groups in total. The Balaban J connectivity index is 1.91. The lowest BCUT2D eigenvalue weighted by molar-refractivity contribution is -0.133. The van der Waals surface area contributed by atoms with Gasteiger partial charge in [-0.2, -0.15) is 0 Å². The molecule has 1 amide bonds. The van der Waals surface area contributed by atoms with Crippen LogP contribution in [-0.2, 0) is 16.1 Å². The van der Waals surface area contributed by atoms with Crippen LogP contribution in [0.15, 0.2) is 55.1 Å². The van der Waals surface area contributed by atoms with Crippen molar-refractivity contribution in [1.29, 1.82) is 0 Å². The van der Waals surface area contributed by atoms with Crippen LogP contribution in [-0.4, -0.2) is 58.2 Å². The van der Waals surface area contributed by atoms with Crippen LogP contribution in [0.2, 0.25) is 0 Å². The molecule has 0 aliphatic carbocycles. The Bertz CT molecular complexity index is 878. The fourth-order valence-electron chi connectivity index (χ4n) is 2.64. The number of hydrogen-bond donors (Lipinski definition) is 0. The molecule has 2 aromatic rings. The second-order valence-corrected chi connectivity index (χ2v) is 6.85. The highest BCUT2D eigenvalue weighted by atomic mass is 16.5. The first-order chi connectivity index (χ1) is 14.3. The minimum absolute atomic E-state index is 0.271. The summed E-state index contributed by atoms with van der Waals surface area (Å²) in [5, 5.41) is 0. The molecule has 0 atom stereocenters. The number of amides is 1. The van der Waals surface area contributed by atoms with Crippen molar-refractivity contribution in [1.82, 2.24) is 4.90 Å². The molecule has 7 heteroatoms. The van der Waals surface area contributed by atoms with Crippen LogP contribution in [0.25, 0.3) is 0 Å². The van der Waals surface area contributed by atoms with E-state index >= 15 is 0 Å². The van der Waals surface area contributed by atoms with Gasteiger partial charge >= 0.3 is 5.97 Å². The molecule has 0 spiro atoms. The SMILES string of the molecule is C=CCOc1ccc(C(=O)OCC(=O)N(C)Cc2ccc(N(C)C)cc2)cc1OC. The normalized spacial score (nSPS) is 10.1. The van der Waals surface area contributed by atoms with Crippen LogP contribution >= 0.6 is 0 Å². The fourth-order valence-corrected chi connectivity index (χ4v) is 2.64. The van der Waals surface area contributed by atoms with E-state index in [0.29, 0.717) is 24.7 Å². The molecule has 160 valence electrons. The number of anilines is 1. The molecular weight excluding hydrogens is 384 g/mol. The number of carbonyl (C=O) groups is 2. The predicted octanol–water partition coefficient (Wildman–Crippen LogP) is 3.14.